The molecular weight excluding hydrogens is 399 g/mol. The summed E-state index contributed by atoms with van der Waals surface area (Å²) in [6.45, 7) is 2.23. The van der Waals surface area contributed by atoms with E-state index in [0.29, 0.717) is 24.0 Å². The zero-order valence-corrected chi connectivity index (χ0v) is 16.2. The summed E-state index contributed by atoms with van der Waals surface area (Å²) in [6.07, 6.45) is 4.82. The third-order valence-electron chi connectivity index (χ3n) is 4.85. The Kier molecular flexibility index (Phi) is 5.02. The predicted octanol–water partition coefficient (Wildman–Crippen LogP) is 2.53. The van der Waals surface area contributed by atoms with Crippen LogP contribution in [-0.2, 0) is 17.9 Å². The van der Waals surface area contributed by atoms with Crippen molar-refractivity contribution in [1.82, 2.24) is 19.7 Å². The molecule has 3 heterocycles. The van der Waals surface area contributed by atoms with Crippen molar-refractivity contribution in [2.24, 2.45) is 0 Å². The van der Waals surface area contributed by atoms with Crippen molar-refractivity contribution in [1.29, 1.82) is 0 Å². The highest BCUT2D eigenvalue weighted by molar-refractivity contribution is 6.02. The zero-order valence-electron chi connectivity index (χ0n) is 16.2. The van der Waals surface area contributed by atoms with Gasteiger partial charge in [0.1, 0.15) is 11.7 Å². The number of amides is 1. The number of nitrogens with zero attached hydrogens (tertiary/aromatic N) is 5. The molecular formula is C19H18F3N7O. The first-order valence-corrected chi connectivity index (χ1v) is 9.11. The van der Waals surface area contributed by atoms with E-state index in [-0.39, 0.29) is 24.1 Å². The molecule has 3 aromatic rings. The van der Waals surface area contributed by atoms with Crippen molar-refractivity contribution in [3.63, 3.8) is 0 Å². The second-order valence-corrected chi connectivity index (χ2v) is 6.98. The molecule has 2 N–H and O–H groups in total. The lowest BCUT2D eigenvalue weighted by atomic mass is 10.2. The summed E-state index contributed by atoms with van der Waals surface area (Å²) in [4.78, 5) is 22.3. The van der Waals surface area contributed by atoms with Gasteiger partial charge in [-0.3, -0.25) is 9.48 Å². The number of hydrogen-bond donors (Lipinski definition) is 2. The van der Waals surface area contributed by atoms with E-state index in [0.717, 1.165) is 17.7 Å². The van der Waals surface area contributed by atoms with Crippen molar-refractivity contribution in [2.45, 2.75) is 26.1 Å². The number of aromatic nitrogens is 4. The molecule has 1 aliphatic heterocycles. The molecule has 30 heavy (non-hydrogen) atoms. The maximum Gasteiger partial charge on any atom is 0.246 e. The summed E-state index contributed by atoms with van der Waals surface area (Å²) in [6, 6.07) is 1.53. The number of rotatable bonds is 5. The number of halogens is 3. The van der Waals surface area contributed by atoms with Gasteiger partial charge >= 0.3 is 0 Å². The van der Waals surface area contributed by atoms with Crippen LogP contribution in [0.1, 0.15) is 18.1 Å². The maximum absolute atomic E-state index is 13.4. The van der Waals surface area contributed by atoms with Crippen LogP contribution in [0.5, 0.6) is 0 Å². The van der Waals surface area contributed by atoms with Gasteiger partial charge in [0, 0.05) is 25.4 Å². The van der Waals surface area contributed by atoms with Crippen LogP contribution in [0.25, 0.3) is 0 Å². The number of likely N-dealkylation sites (N-methyl/N-ethyl adjacent to an activating group) is 1. The molecule has 1 aromatic carbocycles. The first-order chi connectivity index (χ1) is 14.3. The standard InChI is InChI=1S/C19H18F3N7O/c1-10-18(30)26-15-7-24-19(27-17(15)28(10)2)23-5-12-6-25-29(9-12)8-11-3-13(20)16(22)14(21)4-11/h3-4,6-7,9-10H,5,8H2,1-2H3,(H,26,30)(H,23,24,27)/t10-/m1/s1. The van der Waals surface area contributed by atoms with Crippen LogP contribution in [0.3, 0.4) is 0 Å². The van der Waals surface area contributed by atoms with E-state index < -0.39 is 17.5 Å². The lowest BCUT2D eigenvalue weighted by molar-refractivity contribution is -0.117. The summed E-state index contributed by atoms with van der Waals surface area (Å²) < 4.78 is 41.3. The summed E-state index contributed by atoms with van der Waals surface area (Å²) in [7, 11) is 1.78. The molecule has 1 atom stereocenters. The quantitative estimate of drug-likeness (QED) is 0.621. The summed E-state index contributed by atoms with van der Waals surface area (Å²) in [5.41, 5.74) is 1.58. The van der Waals surface area contributed by atoms with Gasteiger partial charge in [-0.2, -0.15) is 10.1 Å². The summed E-state index contributed by atoms with van der Waals surface area (Å²) >= 11 is 0. The largest absolute Gasteiger partial charge is 0.350 e. The van der Waals surface area contributed by atoms with Gasteiger partial charge in [0.2, 0.25) is 11.9 Å². The fraction of sp³-hybridized carbons (Fsp3) is 0.263. The van der Waals surface area contributed by atoms with Gasteiger partial charge in [-0.05, 0) is 24.6 Å². The molecule has 0 unspecified atom stereocenters. The van der Waals surface area contributed by atoms with Gasteiger partial charge in [-0.15, -0.1) is 0 Å². The van der Waals surface area contributed by atoms with Crippen LogP contribution in [0, 0.1) is 17.5 Å². The lowest BCUT2D eigenvalue weighted by Crippen LogP contribution is -2.44. The van der Waals surface area contributed by atoms with E-state index in [4.69, 9.17) is 0 Å². The van der Waals surface area contributed by atoms with Gasteiger partial charge in [0.25, 0.3) is 0 Å². The minimum Gasteiger partial charge on any atom is -0.350 e. The fourth-order valence-corrected chi connectivity index (χ4v) is 3.06. The number of anilines is 3. The van der Waals surface area contributed by atoms with E-state index in [2.05, 4.69) is 25.7 Å². The van der Waals surface area contributed by atoms with Gasteiger partial charge in [-0.1, -0.05) is 0 Å². The molecule has 0 fully saturated rings. The Bertz CT molecular complexity index is 1090. The Morgan fingerprint density at radius 2 is 1.90 bits per heavy atom. The number of carbonyl (C=O) groups excluding carboxylic acids is 1. The molecule has 0 radical (unpaired) electrons. The van der Waals surface area contributed by atoms with Crippen LogP contribution >= 0.6 is 0 Å². The Labute approximate surface area is 169 Å². The Balaban J connectivity index is 1.42. The topological polar surface area (TPSA) is 88.0 Å². The number of hydrogen-bond acceptors (Lipinski definition) is 6. The third kappa shape index (κ3) is 3.78. The molecule has 11 heteroatoms. The average molecular weight is 417 g/mol. The highest BCUT2D eigenvalue weighted by Crippen LogP contribution is 2.28. The molecule has 8 nitrogen and oxygen atoms in total. The Morgan fingerprint density at radius 3 is 2.63 bits per heavy atom. The van der Waals surface area contributed by atoms with E-state index in [1.807, 2.05) is 0 Å². The molecule has 0 bridgehead atoms. The molecule has 0 spiro atoms. The third-order valence-corrected chi connectivity index (χ3v) is 4.85. The number of fused-ring (bicyclic) bond motifs is 1. The van der Waals surface area contributed by atoms with Crippen LogP contribution in [0.4, 0.5) is 30.6 Å². The van der Waals surface area contributed by atoms with Gasteiger partial charge in [0.05, 0.1) is 18.9 Å². The minimum atomic E-state index is -1.49. The lowest BCUT2D eigenvalue weighted by Gasteiger charge is -2.31. The average Bonchev–Trinajstić information content (AvgIpc) is 3.16. The number of nitrogens with one attached hydrogen (secondary N) is 2. The minimum absolute atomic E-state index is 0.0891. The second kappa shape index (κ2) is 7.65. The van der Waals surface area contributed by atoms with Gasteiger partial charge in [-0.25, -0.2) is 18.2 Å². The number of benzene rings is 1. The van der Waals surface area contributed by atoms with E-state index in [1.54, 1.807) is 31.3 Å². The van der Waals surface area contributed by atoms with Crippen LogP contribution in [0.2, 0.25) is 0 Å². The monoisotopic (exact) mass is 417 g/mol. The predicted molar refractivity (Wildman–Crippen MR) is 103 cm³/mol. The van der Waals surface area contributed by atoms with Crippen molar-refractivity contribution in [2.75, 3.05) is 22.6 Å². The summed E-state index contributed by atoms with van der Waals surface area (Å²) in [5.74, 6) is -3.11. The van der Waals surface area contributed by atoms with Crippen LogP contribution < -0.4 is 15.5 Å². The van der Waals surface area contributed by atoms with Crippen molar-refractivity contribution in [3.05, 3.63) is 59.3 Å². The van der Waals surface area contributed by atoms with E-state index in [1.165, 1.54) is 10.9 Å². The molecule has 0 saturated carbocycles. The normalized spacial score (nSPS) is 15.7. The van der Waals surface area contributed by atoms with Gasteiger partial charge < -0.3 is 15.5 Å². The van der Waals surface area contributed by atoms with Gasteiger partial charge in [0.15, 0.2) is 23.3 Å². The first-order valence-electron chi connectivity index (χ1n) is 9.11. The molecule has 0 aliphatic carbocycles. The van der Waals surface area contributed by atoms with Crippen molar-refractivity contribution >= 4 is 23.4 Å². The van der Waals surface area contributed by atoms with Crippen molar-refractivity contribution in [3.8, 4) is 0 Å². The second-order valence-electron chi connectivity index (χ2n) is 6.98. The Hall–Kier alpha value is -3.63. The SMILES string of the molecule is C[C@@H]1C(=O)Nc2cnc(NCc3cnn(Cc4cc(F)c(F)c(F)c4)c3)nc2N1C. The molecule has 156 valence electrons. The highest BCUT2D eigenvalue weighted by atomic mass is 19.2. The van der Waals surface area contributed by atoms with E-state index in [9.17, 15) is 18.0 Å². The maximum atomic E-state index is 13.4. The molecule has 2 aromatic heterocycles. The summed E-state index contributed by atoms with van der Waals surface area (Å²) in [5, 5.41) is 9.98. The highest BCUT2D eigenvalue weighted by Gasteiger charge is 2.28. The first kappa shape index (κ1) is 19.7. The molecule has 1 aliphatic rings. The van der Waals surface area contributed by atoms with Crippen LogP contribution in [-0.4, -0.2) is 38.7 Å². The molecule has 4 rings (SSSR count). The fourth-order valence-electron chi connectivity index (χ4n) is 3.06. The van der Waals surface area contributed by atoms with Crippen molar-refractivity contribution < 1.29 is 18.0 Å². The molecule has 0 saturated heterocycles. The number of carbonyl (C=O) groups is 1. The Morgan fingerprint density at radius 1 is 1.17 bits per heavy atom. The zero-order chi connectivity index (χ0) is 21.4. The van der Waals surface area contributed by atoms with E-state index >= 15 is 0 Å². The molecule has 1 amide bonds. The smallest absolute Gasteiger partial charge is 0.246 e. The van der Waals surface area contributed by atoms with Crippen LogP contribution in [0.15, 0.2) is 30.7 Å².